The number of rotatable bonds is 6. The molecule has 144 valence electrons. The summed E-state index contributed by atoms with van der Waals surface area (Å²) in [7, 11) is -3.59. The molecule has 1 aliphatic rings. The summed E-state index contributed by atoms with van der Waals surface area (Å²) < 4.78 is 37.4. The number of halogens is 1. The van der Waals surface area contributed by atoms with Crippen LogP contribution in [0.4, 0.5) is 0 Å². The molecular weight excluding hydrogens is 436 g/mol. The molecule has 2 aromatic rings. The van der Waals surface area contributed by atoms with Crippen LogP contribution in [0, 0.1) is 0 Å². The Kier molecular flexibility index (Phi) is 5.88. The maximum atomic E-state index is 12.6. The SMILES string of the molecule is O=C(O)C1(Oc2ccc(Br)cc2)CCOC(CS(=O)(=O)c2ccccc2)C1. The van der Waals surface area contributed by atoms with Crippen LogP contribution in [0.1, 0.15) is 12.8 Å². The van der Waals surface area contributed by atoms with Gasteiger partial charge in [-0.1, -0.05) is 34.1 Å². The van der Waals surface area contributed by atoms with Crippen molar-refractivity contribution in [2.24, 2.45) is 0 Å². The molecule has 1 aliphatic heterocycles. The summed E-state index contributed by atoms with van der Waals surface area (Å²) in [5.41, 5.74) is -1.52. The number of carboxylic acids is 1. The molecule has 2 atom stereocenters. The first-order valence-corrected chi connectivity index (χ1v) is 10.8. The van der Waals surface area contributed by atoms with E-state index < -0.39 is 27.5 Å². The van der Waals surface area contributed by atoms with Crippen LogP contribution >= 0.6 is 15.9 Å². The number of carboxylic acid groups (broad SMARTS) is 1. The number of hydrogen-bond acceptors (Lipinski definition) is 5. The van der Waals surface area contributed by atoms with E-state index in [2.05, 4.69) is 15.9 Å². The largest absolute Gasteiger partial charge is 0.478 e. The van der Waals surface area contributed by atoms with Crippen molar-refractivity contribution in [3.05, 3.63) is 59.1 Å². The second-order valence-electron chi connectivity index (χ2n) is 6.40. The topological polar surface area (TPSA) is 89.9 Å². The zero-order valence-corrected chi connectivity index (χ0v) is 16.8. The quantitative estimate of drug-likeness (QED) is 0.719. The molecule has 0 radical (unpaired) electrons. The summed E-state index contributed by atoms with van der Waals surface area (Å²) in [5.74, 6) is -1.02. The maximum Gasteiger partial charge on any atom is 0.348 e. The van der Waals surface area contributed by atoms with Crippen LogP contribution in [0.25, 0.3) is 0 Å². The zero-order valence-electron chi connectivity index (χ0n) is 14.4. The van der Waals surface area contributed by atoms with Crippen molar-refractivity contribution in [2.75, 3.05) is 12.4 Å². The number of hydrogen-bond donors (Lipinski definition) is 1. The molecule has 6 nitrogen and oxygen atoms in total. The number of ether oxygens (including phenoxy) is 2. The first kappa shape index (κ1) is 19.9. The van der Waals surface area contributed by atoms with E-state index in [1.807, 2.05) is 0 Å². The van der Waals surface area contributed by atoms with Gasteiger partial charge in [0.25, 0.3) is 0 Å². The molecule has 1 N–H and O–H groups in total. The van der Waals surface area contributed by atoms with Crippen LogP contribution in [-0.2, 0) is 19.4 Å². The Bertz CT molecular complexity index is 898. The number of carbonyl (C=O) groups is 1. The molecule has 1 fully saturated rings. The average Bonchev–Trinajstić information content (AvgIpc) is 2.64. The van der Waals surface area contributed by atoms with Crippen LogP contribution in [0.2, 0.25) is 0 Å². The smallest absolute Gasteiger partial charge is 0.348 e. The summed E-state index contributed by atoms with van der Waals surface area (Å²) in [5, 5.41) is 9.80. The minimum atomic E-state index is -3.59. The van der Waals surface area contributed by atoms with Gasteiger partial charge >= 0.3 is 5.97 Å². The molecule has 0 bridgehead atoms. The molecule has 0 aliphatic carbocycles. The van der Waals surface area contributed by atoms with Crippen molar-refractivity contribution in [3.63, 3.8) is 0 Å². The normalized spacial score (nSPS) is 22.9. The highest BCUT2D eigenvalue weighted by Gasteiger charge is 2.47. The molecule has 27 heavy (non-hydrogen) atoms. The fourth-order valence-electron chi connectivity index (χ4n) is 3.05. The molecule has 0 saturated carbocycles. The Morgan fingerprint density at radius 1 is 1.19 bits per heavy atom. The molecule has 8 heteroatoms. The van der Waals surface area contributed by atoms with Crippen LogP contribution in [0.15, 0.2) is 64.0 Å². The third-order valence-electron chi connectivity index (χ3n) is 4.44. The van der Waals surface area contributed by atoms with Crippen molar-refractivity contribution >= 4 is 31.7 Å². The molecule has 3 rings (SSSR count). The van der Waals surface area contributed by atoms with Gasteiger partial charge in [0.05, 0.1) is 23.4 Å². The molecule has 0 spiro atoms. The lowest BCUT2D eigenvalue weighted by molar-refractivity contribution is -0.168. The molecule has 0 aromatic heterocycles. The van der Waals surface area contributed by atoms with Crippen molar-refractivity contribution in [1.29, 1.82) is 0 Å². The van der Waals surface area contributed by atoms with E-state index in [4.69, 9.17) is 9.47 Å². The first-order chi connectivity index (χ1) is 12.8. The lowest BCUT2D eigenvalue weighted by Crippen LogP contribution is -2.52. The molecular formula is C19H19BrO6S. The predicted octanol–water partition coefficient (Wildman–Crippen LogP) is 3.30. The van der Waals surface area contributed by atoms with Gasteiger partial charge in [0.15, 0.2) is 9.84 Å². The van der Waals surface area contributed by atoms with E-state index in [1.54, 1.807) is 42.5 Å². The van der Waals surface area contributed by atoms with E-state index in [1.165, 1.54) is 12.1 Å². The van der Waals surface area contributed by atoms with Crippen LogP contribution < -0.4 is 4.74 Å². The summed E-state index contributed by atoms with van der Waals surface area (Å²) in [6.07, 6.45) is -0.680. The van der Waals surface area contributed by atoms with Crippen LogP contribution in [0.5, 0.6) is 5.75 Å². The average molecular weight is 455 g/mol. The number of benzene rings is 2. The number of sulfone groups is 1. The molecule has 1 saturated heterocycles. The fraction of sp³-hybridized carbons (Fsp3) is 0.316. The van der Waals surface area contributed by atoms with Crippen molar-refractivity contribution < 1.29 is 27.8 Å². The maximum absolute atomic E-state index is 12.6. The number of aliphatic carboxylic acids is 1. The van der Waals surface area contributed by atoms with Gasteiger partial charge in [0.2, 0.25) is 5.60 Å². The second-order valence-corrected chi connectivity index (χ2v) is 9.35. The predicted molar refractivity (Wildman–Crippen MR) is 103 cm³/mol. The first-order valence-electron chi connectivity index (χ1n) is 8.38. The Morgan fingerprint density at radius 2 is 1.85 bits per heavy atom. The van der Waals surface area contributed by atoms with Gasteiger partial charge < -0.3 is 14.6 Å². The van der Waals surface area contributed by atoms with Crippen LogP contribution in [-0.4, -0.2) is 43.6 Å². The third kappa shape index (κ3) is 4.69. The highest BCUT2D eigenvalue weighted by molar-refractivity contribution is 9.10. The van der Waals surface area contributed by atoms with Crippen LogP contribution in [0.3, 0.4) is 0 Å². The van der Waals surface area contributed by atoms with Gasteiger partial charge in [-0.05, 0) is 36.4 Å². The zero-order chi connectivity index (χ0) is 19.5. The van der Waals surface area contributed by atoms with Crippen molar-refractivity contribution in [1.82, 2.24) is 0 Å². The fourth-order valence-corrected chi connectivity index (χ4v) is 4.79. The molecule has 2 unspecified atom stereocenters. The lowest BCUT2D eigenvalue weighted by atomic mass is 9.90. The Balaban J connectivity index is 1.79. The summed E-state index contributed by atoms with van der Waals surface area (Å²) in [6.45, 7) is 0.109. The molecule has 0 amide bonds. The highest BCUT2D eigenvalue weighted by atomic mass is 79.9. The van der Waals surface area contributed by atoms with Gasteiger partial charge in [-0.25, -0.2) is 13.2 Å². The summed E-state index contributed by atoms with van der Waals surface area (Å²) in [4.78, 5) is 12.2. The summed E-state index contributed by atoms with van der Waals surface area (Å²) >= 11 is 3.32. The van der Waals surface area contributed by atoms with Gasteiger partial charge in [0, 0.05) is 17.3 Å². The van der Waals surface area contributed by atoms with Gasteiger partial charge in [-0.2, -0.15) is 0 Å². The highest BCUT2D eigenvalue weighted by Crippen LogP contribution is 2.33. The van der Waals surface area contributed by atoms with Crippen molar-refractivity contribution in [2.45, 2.75) is 29.4 Å². The summed E-state index contributed by atoms with van der Waals surface area (Å²) in [6, 6.07) is 14.9. The van der Waals surface area contributed by atoms with Gasteiger partial charge in [-0.3, -0.25) is 0 Å². The van der Waals surface area contributed by atoms with E-state index in [0.29, 0.717) is 5.75 Å². The minimum Gasteiger partial charge on any atom is -0.478 e. The Morgan fingerprint density at radius 3 is 2.48 bits per heavy atom. The monoisotopic (exact) mass is 454 g/mol. The standard InChI is InChI=1S/C19H19BrO6S/c20-14-6-8-15(9-7-14)26-19(18(21)22)10-11-25-16(12-19)13-27(23,24)17-4-2-1-3-5-17/h1-9,16H,10-13H2,(H,21,22). The van der Waals surface area contributed by atoms with Gasteiger partial charge in [-0.15, -0.1) is 0 Å². The lowest BCUT2D eigenvalue weighted by Gasteiger charge is -2.37. The van der Waals surface area contributed by atoms with E-state index in [-0.39, 0.29) is 30.1 Å². The Labute approximate surface area is 166 Å². The van der Waals surface area contributed by atoms with E-state index in [9.17, 15) is 18.3 Å². The van der Waals surface area contributed by atoms with Gasteiger partial charge in [0.1, 0.15) is 5.75 Å². The molecule has 1 heterocycles. The van der Waals surface area contributed by atoms with Crippen molar-refractivity contribution in [3.8, 4) is 5.75 Å². The Hall–Kier alpha value is -1.90. The van der Waals surface area contributed by atoms with E-state index >= 15 is 0 Å². The third-order valence-corrected chi connectivity index (χ3v) is 6.77. The van der Waals surface area contributed by atoms with E-state index in [0.717, 1.165) is 4.47 Å². The minimum absolute atomic E-state index is 0.0511. The molecule has 2 aromatic carbocycles. The second kappa shape index (κ2) is 8.00.